The standard InChI is InChI=1S/C17H16ClN3O2/c18-21(20-13-6-2-1-3-7-13)16(17(22)23)10-12-11-19-15-9-5-4-8-14(12)15/h1-9,11,16,19-20H,10H2,(H,22,23)/t16-/m0/s1. The highest BCUT2D eigenvalue weighted by Gasteiger charge is 2.26. The highest BCUT2D eigenvalue weighted by molar-refractivity contribution is 6.15. The van der Waals surface area contributed by atoms with Gasteiger partial charge in [-0.25, -0.2) is 0 Å². The number of aromatic nitrogens is 1. The first kappa shape index (κ1) is 15.4. The molecule has 0 bridgehead atoms. The summed E-state index contributed by atoms with van der Waals surface area (Å²) in [6.45, 7) is 0. The fraction of sp³-hybridized carbons (Fsp3) is 0.118. The van der Waals surface area contributed by atoms with Crippen LogP contribution in [0, 0.1) is 0 Å². The molecule has 0 radical (unpaired) electrons. The van der Waals surface area contributed by atoms with Gasteiger partial charge in [-0.1, -0.05) is 36.4 Å². The number of H-pyrrole nitrogens is 1. The molecule has 2 aromatic carbocycles. The van der Waals surface area contributed by atoms with Gasteiger partial charge in [-0.3, -0.25) is 4.79 Å². The maximum absolute atomic E-state index is 11.6. The topological polar surface area (TPSA) is 68.4 Å². The molecule has 6 heteroatoms. The van der Waals surface area contributed by atoms with Gasteiger partial charge in [0, 0.05) is 35.3 Å². The number of hydrogen-bond acceptors (Lipinski definition) is 3. The molecule has 0 aliphatic heterocycles. The van der Waals surface area contributed by atoms with E-state index in [-0.39, 0.29) is 6.42 Å². The quantitative estimate of drug-likeness (QED) is 0.477. The van der Waals surface area contributed by atoms with Crippen LogP contribution in [-0.2, 0) is 11.2 Å². The van der Waals surface area contributed by atoms with Crippen molar-refractivity contribution >= 4 is 34.3 Å². The molecular weight excluding hydrogens is 314 g/mol. The summed E-state index contributed by atoms with van der Waals surface area (Å²) in [6, 6.07) is 16.1. The lowest BCUT2D eigenvalue weighted by Crippen LogP contribution is -2.40. The molecule has 0 saturated heterocycles. The number of fused-ring (bicyclic) bond motifs is 1. The molecule has 118 valence electrons. The summed E-state index contributed by atoms with van der Waals surface area (Å²) < 4.78 is 1.11. The lowest BCUT2D eigenvalue weighted by Gasteiger charge is -2.23. The van der Waals surface area contributed by atoms with Crippen molar-refractivity contribution in [2.24, 2.45) is 0 Å². The first-order chi connectivity index (χ1) is 11.1. The predicted molar refractivity (Wildman–Crippen MR) is 91.2 cm³/mol. The van der Waals surface area contributed by atoms with Gasteiger partial charge in [0.1, 0.15) is 6.04 Å². The number of hydrazine groups is 1. The van der Waals surface area contributed by atoms with Crippen LogP contribution in [0.1, 0.15) is 5.56 Å². The second kappa shape index (κ2) is 6.73. The van der Waals surface area contributed by atoms with Crippen LogP contribution < -0.4 is 5.43 Å². The molecular formula is C17H16ClN3O2. The van der Waals surface area contributed by atoms with E-state index in [1.807, 2.05) is 60.8 Å². The Morgan fingerprint density at radius 3 is 2.61 bits per heavy atom. The van der Waals surface area contributed by atoms with E-state index in [4.69, 9.17) is 11.8 Å². The summed E-state index contributed by atoms with van der Waals surface area (Å²) in [4.78, 5) is 14.8. The number of hydrogen-bond donors (Lipinski definition) is 3. The molecule has 1 heterocycles. The Hall–Kier alpha value is -2.50. The SMILES string of the molecule is O=C(O)[C@H](Cc1c[nH]c2ccccc12)N(Cl)Nc1ccccc1. The Labute approximate surface area is 138 Å². The van der Waals surface area contributed by atoms with Crippen LogP contribution in [0.15, 0.2) is 60.8 Å². The highest BCUT2D eigenvalue weighted by Crippen LogP contribution is 2.22. The summed E-state index contributed by atoms with van der Waals surface area (Å²) in [5.41, 5.74) is 5.51. The van der Waals surface area contributed by atoms with Crippen LogP contribution in [0.4, 0.5) is 5.69 Å². The molecule has 0 saturated carbocycles. The number of para-hydroxylation sites is 2. The fourth-order valence-electron chi connectivity index (χ4n) is 2.49. The number of carboxylic acids is 1. The molecule has 0 spiro atoms. The minimum Gasteiger partial charge on any atom is -0.480 e. The fourth-order valence-corrected chi connectivity index (χ4v) is 2.74. The van der Waals surface area contributed by atoms with E-state index < -0.39 is 12.0 Å². The zero-order chi connectivity index (χ0) is 16.2. The molecule has 3 aromatic rings. The lowest BCUT2D eigenvalue weighted by molar-refractivity contribution is -0.141. The zero-order valence-corrected chi connectivity index (χ0v) is 13.0. The van der Waals surface area contributed by atoms with Crippen LogP contribution in [0.3, 0.4) is 0 Å². The number of nitrogens with zero attached hydrogens (tertiary/aromatic N) is 1. The van der Waals surface area contributed by atoms with Crippen molar-refractivity contribution in [2.45, 2.75) is 12.5 Å². The maximum atomic E-state index is 11.6. The van der Waals surface area contributed by atoms with Gasteiger partial charge in [0.05, 0.1) is 5.69 Å². The summed E-state index contributed by atoms with van der Waals surface area (Å²) >= 11 is 6.18. The van der Waals surface area contributed by atoms with Crippen molar-refractivity contribution in [3.63, 3.8) is 0 Å². The summed E-state index contributed by atoms with van der Waals surface area (Å²) in [6.07, 6.45) is 2.11. The van der Waals surface area contributed by atoms with Gasteiger partial charge in [0.15, 0.2) is 0 Å². The number of anilines is 1. The van der Waals surface area contributed by atoms with E-state index in [0.717, 1.165) is 26.7 Å². The van der Waals surface area contributed by atoms with E-state index >= 15 is 0 Å². The number of aliphatic carboxylic acids is 1. The first-order valence-electron chi connectivity index (χ1n) is 7.19. The molecule has 3 rings (SSSR count). The van der Waals surface area contributed by atoms with Crippen molar-refractivity contribution in [1.29, 1.82) is 0 Å². The number of carboxylic acid groups (broad SMARTS) is 1. The van der Waals surface area contributed by atoms with Crippen molar-refractivity contribution in [1.82, 2.24) is 9.51 Å². The van der Waals surface area contributed by atoms with Crippen molar-refractivity contribution in [3.8, 4) is 0 Å². The number of carbonyl (C=O) groups is 1. The number of halogens is 1. The molecule has 0 fully saturated rings. The van der Waals surface area contributed by atoms with Gasteiger partial charge in [0.25, 0.3) is 0 Å². The number of aromatic amines is 1. The van der Waals surface area contributed by atoms with Crippen LogP contribution in [0.2, 0.25) is 0 Å². The van der Waals surface area contributed by atoms with Gasteiger partial charge in [-0.2, -0.15) is 0 Å². The third-order valence-electron chi connectivity index (χ3n) is 3.66. The molecule has 1 aromatic heterocycles. The predicted octanol–water partition coefficient (Wildman–Crippen LogP) is 3.65. The molecule has 0 amide bonds. The normalized spacial score (nSPS) is 12.4. The monoisotopic (exact) mass is 329 g/mol. The third-order valence-corrected chi connectivity index (χ3v) is 3.98. The molecule has 1 atom stereocenters. The molecule has 0 unspecified atom stereocenters. The van der Waals surface area contributed by atoms with Crippen molar-refractivity contribution in [3.05, 3.63) is 66.4 Å². The van der Waals surface area contributed by atoms with Gasteiger partial charge >= 0.3 is 5.97 Å². The lowest BCUT2D eigenvalue weighted by atomic mass is 10.1. The highest BCUT2D eigenvalue weighted by atomic mass is 35.5. The van der Waals surface area contributed by atoms with Gasteiger partial charge in [-0.15, -0.1) is 4.53 Å². The molecule has 3 N–H and O–H groups in total. The minimum absolute atomic E-state index is 0.280. The second-order valence-corrected chi connectivity index (χ2v) is 5.57. The Morgan fingerprint density at radius 2 is 1.87 bits per heavy atom. The molecule has 23 heavy (non-hydrogen) atoms. The average Bonchev–Trinajstić information content (AvgIpc) is 2.96. The Morgan fingerprint density at radius 1 is 1.17 bits per heavy atom. The summed E-state index contributed by atoms with van der Waals surface area (Å²) in [7, 11) is 0. The first-order valence-corrected chi connectivity index (χ1v) is 7.53. The molecule has 5 nitrogen and oxygen atoms in total. The second-order valence-electron chi connectivity index (χ2n) is 5.21. The summed E-state index contributed by atoms with van der Waals surface area (Å²) in [5.74, 6) is -0.992. The van der Waals surface area contributed by atoms with Crippen molar-refractivity contribution in [2.75, 3.05) is 5.43 Å². The van der Waals surface area contributed by atoms with E-state index in [1.54, 1.807) is 0 Å². The number of nitrogens with one attached hydrogen (secondary N) is 2. The zero-order valence-electron chi connectivity index (χ0n) is 12.2. The van der Waals surface area contributed by atoms with Gasteiger partial charge in [0.2, 0.25) is 0 Å². The Kier molecular flexibility index (Phi) is 4.50. The van der Waals surface area contributed by atoms with Gasteiger partial charge in [-0.05, 0) is 23.8 Å². The van der Waals surface area contributed by atoms with E-state index in [1.165, 1.54) is 0 Å². The average molecular weight is 330 g/mol. The summed E-state index contributed by atoms with van der Waals surface area (Å²) in [5, 5.41) is 10.5. The van der Waals surface area contributed by atoms with Gasteiger partial charge < -0.3 is 15.5 Å². The van der Waals surface area contributed by atoms with Crippen LogP contribution in [-0.4, -0.2) is 26.6 Å². The number of rotatable bonds is 6. The number of benzene rings is 2. The van der Waals surface area contributed by atoms with Crippen molar-refractivity contribution < 1.29 is 9.90 Å². The molecule has 0 aliphatic carbocycles. The maximum Gasteiger partial charge on any atom is 0.324 e. The molecule has 0 aliphatic rings. The van der Waals surface area contributed by atoms with Crippen LogP contribution in [0.5, 0.6) is 0 Å². The Balaban J connectivity index is 1.80. The smallest absolute Gasteiger partial charge is 0.324 e. The van der Waals surface area contributed by atoms with Crippen LogP contribution in [0.25, 0.3) is 10.9 Å². The van der Waals surface area contributed by atoms with Crippen LogP contribution >= 0.6 is 11.8 Å². The largest absolute Gasteiger partial charge is 0.480 e. The van der Waals surface area contributed by atoms with E-state index in [9.17, 15) is 9.90 Å². The van der Waals surface area contributed by atoms with E-state index in [0.29, 0.717) is 0 Å². The minimum atomic E-state index is -0.992. The third kappa shape index (κ3) is 3.47. The Bertz CT molecular complexity index is 804. The van der Waals surface area contributed by atoms with E-state index in [2.05, 4.69) is 10.4 Å².